The zero-order chi connectivity index (χ0) is 32.3. The summed E-state index contributed by atoms with van der Waals surface area (Å²) in [6.45, 7) is 0. The van der Waals surface area contributed by atoms with E-state index in [9.17, 15) is 0 Å². The molecule has 8 saturated carbocycles. The molecule has 0 spiro atoms. The van der Waals surface area contributed by atoms with Crippen molar-refractivity contribution in [1.82, 2.24) is 16.0 Å². The Morgan fingerprint density at radius 3 is 1.53 bits per heavy atom. The highest BCUT2D eigenvalue weighted by Gasteiger charge is 2.58. The SMILES string of the molecule is C1CCC(C2NC(C3CCC4CCCCC4C3)NC(C3CC4C5CCC(C6CCC7CCCCC7C6)CC5OC4C4CCCCC34)N2)CC1. The molecule has 4 nitrogen and oxygen atoms in total. The van der Waals surface area contributed by atoms with Crippen molar-refractivity contribution in [3.8, 4) is 0 Å². The standard InChI is InChI=1S/C45H75N3O/c1-2-12-30(13-3-1)43-46-44(35-21-19-29-11-5-7-15-32(29)25-35)48-45(47-43)40-27-39-37-23-22-34(33-20-18-28-10-4-6-14-31(28)24-33)26-41(37)49-42(39)38-17-9-8-16-36(38)40/h28-48H,1-27H2. The second-order valence-corrected chi connectivity index (χ2v) is 20.6. The summed E-state index contributed by atoms with van der Waals surface area (Å²) in [5, 5.41) is 13.2. The van der Waals surface area contributed by atoms with Gasteiger partial charge in [-0.05, 0) is 167 Å². The summed E-state index contributed by atoms with van der Waals surface area (Å²) < 4.78 is 7.43. The van der Waals surface area contributed by atoms with E-state index in [4.69, 9.17) is 4.74 Å². The molecule has 4 heteroatoms. The molecule has 49 heavy (non-hydrogen) atoms. The Hall–Kier alpha value is -0.160. The normalized spacial score (nSPS) is 53.8. The molecular weight excluding hydrogens is 599 g/mol. The second-order valence-electron chi connectivity index (χ2n) is 20.6. The van der Waals surface area contributed by atoms with Crippen molar-refractivity contribution in [3.63, 3.8) is 0 Å². The predicted octanol–water partition coefficient (Wildman–Crippen LogP) is 10.2. The van der Waals surface area contributed by atoms with Gasteiger partial charge < -0.3 is 4.74 Å². The molecule has 17 atom stereocenters. The minimum atomic E-state index is 0.495. The van der Waals surface area contributed by atoms with Crippen LogP contribution in [0.1, 0.15) is 173 Å². The summed E-state index contributed by atoms with van der Waals surface area (Å²) in [4.78, 5) is 0. The van der Waals surface area contributed by atoms with Crippen molar-refractivity contribution in [2.45, 2.75) is 204 Å². The van der Waals surface area contributed by atoms with Crippen molar-refractivity contribution in [1.29, 1.82) is 0 Å². The van der Waals surface area contributed by atoms with E-state index in [0.717, 1.165) is 76.9 Å². The van der Waals surface area contributed by atoms with Gasteiger partial charge in [0.2, 0.25) is 0 Å². The van der Waals surface area contributed by atoms with E-state index in [-0.39, 0.29) is 0 Å². The van der Waals surface area contributed by atoms with Gasteiger partial charge in [-0.2, -0.15) is 0 Å². The number of nitrogens with one attached hydrogen (secondary N) is 3. The van der Waals surface area contributed by atoms with Crippen molar-refractivity contribution in [2.24, 2.45) is 76.9 Å². The Bertz CT molecular complexity index is 1110. The van der Waals surface area contributed by atoms with Crippen LogP contribution in [0.5, 0.6) is 0 Å². The van der Waals surface area contributed by atoms with Gasteiger partial charge in [0.15, 0.2) is 0 Å². The maximum absolute atomic E-state index is 7.43. The van der Waals surface area contributed by atoms with E-state index in [1.54, 1.807) is 32.1 Å². The average Bonchev–Trinajstić information content (AvgIpc) is 3.55. The number of rotatable bonds is 4. The molecular formula is C45H75N3O. The summed E-state index contributed by atoms with van der Waals surface area (Å²) in [5.74, 6) is 12.0. The predicted molar refractivity (Wildman–Crippen MR) is 199 cm³/mol. The van der Waals surface area contributed by atoms with Crippen LogP contribution in [-0.4, -0.2) is 30.7 Å². The molecule has 0 radical (unpaired) electrons. The quantitative estimate of drug-likeness (QED) is 0.278. The average molecular weight is 674 g/mol. The summed E-state index contributed by atoms with van der Waals surface area (Å²) in [5.41, 5.74) is 0. The topological polar surface area (TPSA) is 45.3 Å². The van der Waals surface area contributed by atoms with Gasteiger partial charge in [-0.15, -0.1) is 0 Å². The number of hydrogen-bond acceptors (Lipinski definition) is 4. The number of ether oxygens (including phenoxy) is 1. The Kier molecular flexibility index (Phi) is 9.94. The number of fused-ring (bicyclic) bond motifs is 7. The summed E-state index contributed by atoms with van der Waals surface area (Å²) in [6, 6.07) is 0. The lowest BCUT2D eigenvalue weighted by atomic mass is 9.56. The molecule has 10 rings (SSSR count). The molecule has 0 aromatic carbocycles. The third-order valence-corrected chi connectivity index (χ3v) is 18.5. The van der Waals surface area contributed by atoms with Gasteiger partial charge in [-0.1, -0.05) is 83.5 Å². The Morgan fingerprint density at radius 1 is 0.286 bits per heavy atom. The first kappa shape index (κ1) is 33.4. The molecule has 10 aliphatic rings. The fraction of sp³-hybridized carbons (Fsp3) is 1.00. The molecule has 17 unspecified atom stereocenters. The first-order valence-electron chi connectivity index (χ1n) is 23.2. The fourth-order valence-corrected chi connectivity index (χ4v) is 16.1. The lowest BCUT2D eigenvalue weighted by Crippen LogP contribution is -2.73. The molecule has 3 N–H and O–H groups in total. The van der Waals surface area contributed by atoms with Gasteiger partial charge in [0.1, 0.15) is 0 Å². The van der Waals surface area contributed by atoms with Gasteiger partial charge in [-0.3, -0.25) is 16.0 Å². The van der Waals surface area contributed by atoms with Crippen LogP contribution in [0.15, 0.2) is 0 Å². The lowest BCUT2D eigenvalue weighted by molar-refractivity contribution is -0.0915. The Labute approximate surface area is 301 Å². The maximum atomic E-state index is 7.43. The second kappa shape index (κ2) is 14.6. The van der Waals surface area contributed by atoms with E-state index >= 15 is 0 Å². The summed E-state index contributed by atoms with van der Waals surface area (Å²) >= 11 is 0. The van der Waals surface area contributed by atoms with Crippen LogP contribution in [0.3, 0.4) is 0 Å². The van der Waals surface area contributed by atoms with E-state index in [0.29, 0.717) is 30.7 Å². The molecule has 2 heterocycles. The van der Waals surface area contributed by atoms with Gasteiger partial charge in [0.05, 0.1) is 30.7 Å². The lowest BCUT2D eigenvalue weighted by Gasteiger charge is -2.55. The van der Waals surface area contributed by atoms with Crippen molar-refractivity contribution >= 4 is 0 Å². The maximum Gasteiger partial charge on any atom is 0.0641 e. The van der Waals surface area contributed by atoms with Gasteiger partial charge >= 0.3 is 0 Å². The van der Waals surface area contributed by atoms with E-state index in [2.05, 4.69) is 16.0 Å². The zero-order valence-electron chi connectivity index (χ0n) is 31.4. The molecule has 276 valence electrons. The van der Waals surface area contributed by atoms with Crippen LogP contribution in [0.25, 0.3) is 0 Å². The van der Waals surface area contributed by atoms with Crippen LogP contribution in [0.2, 0.25) is 0 Å². The Morgan fingerprint density at radius 2 is 0.776 bits per heavy atom. The Balaban J connectivity index is 0.863. The van der Waals surface area contributed by atoms with Crippen LogP contribution in [0, 0.1) is 76.9 Å². The van der Waals surface area contributed by atoms with Gasteiger partial charge in [0.25, 0.3) is 0 Å². The zero-order valence-corrected chi connectivity index (χ0v) is 31.4. The highest BCUT2D eigenvalue weighted by Crippen LogP contribution is 2.58. The van der Waals surface area contributed by atoms with Crippen molar-refractivity contribution in [3.05, 3.63) is 0 Å². The van der Waals surface area contributed by atoms with Gasteiger partial charge in [-0.25, -0.2) is 0 Å². The molecule has 0 aromatic heterocycles. The monoisotopic (exact) mass is 674 g/mol. The molecule has 2 aliphatic heterocycles. The minimum Gasteiger partial charge on any atom is -0.374 e. The first-order chi connectivity index (χ1) is 24.2. The van der Waals surface area contributed by atoms with Crippen LogP contribution >= 0.6 is 0 Å². The minimum absolute atomic E-state index is 0.495. The molecule has 0 aromatic rings. The van der Waals surface area contributed by atoms with E-state index < -0.39 is 0 Å². The first-order valence-corrected chi connectivity index (χ1v) is 23.2. The van der Waals surface area contributed by atoms with Crippen LogP contribution in [0.4, 0.5) is 0 Å². The summed E-state index contributed by atoms with van der Waals surface area (Å²) in [6.07, 6.45) is 42.9. The third kappa shape index (κ3) is 6.55. The van der Waals surface area contributed by atoms with E-state index in [1.165, 1.54) is 141 Å². The molecule has 10 fully saturated rings. The molecule has 2 saturated heterocycles. The smallest absolute Gasteiger partial charge is 0.0641 e. The highest BCUT2D eigenvalue weighted by molar-refractivity contribution is 5.07. The molecule has 0 bridgehead atoms. The van der Waals surface area contributed by atoms with E-state index in [1.807, 2.05) is 0 Å². The molecule has 8 aliphatic carbocycles. The summed E-state index contributed by atoms with van der Waals surface area (Å²) in [7, 11) is 0. The van der Waals surface area contributed by atoms with Crippen LogP contribution < -0.4 is 16.0 Å². The molecule has 0 amide bonds. The van der Waals surface area contributed by atoms with Crippen molar-refractivity contribution < 1.29 is 4.74 Å². The van der Waals surface area contributed by atoms with Gasteiger partial charge in [0, 0.05) is 0 Å². The van der Waals surface area contributed by atoms with Crippen LogP contribution in [-0.2, 0) is 4.74 Å². The third-order valence-electron chi connectivity index (χ3n) is 18.5. The van der Waals surface area contributed by atoms with Crippen molar-refractivity contribution in [2.75, 3.05) is 0 Å². The largest absolute Gasteiger partial charge is 0.374 e. The number of hydrogen-bond donors (Lipinski definition) is 3. The fourth-order valence-electron chi connectivity index (χ4n) is 16.1. The highest BCUT2D eigenvalue weighted by atomic mass is 16.5.